The molecule has 1 aromatic heterocycles. The Morgan fingerprint density at radius 2 is 2.36 bits per heavy atom. The summed E-state index contributed by atoms with van der Waals surface area (Å²) in [5.41, 5.74) is 0.819. The quantitative estimate of drug-likeness (QED) is 0.672. The number of Topliss-reactive ketones (excluding diaryl/α,β-unsaturated/α-hetero) is 1. The predicted octanol–water partition coefficient (Wildman–Crippen LogP) is 1.30. The first-order valence-electron chi connectivity index (χ1n) is 5.02. The average molecular weight is 192 g/mol. The topological polar surface area (TPSA) is 25.2 Å². The molecule has 1 aromatic rings. The summed E-state index contributed by atoms with van der Waals surface area (Å²) in [5.74, 6) is 0.222. The van der Waals surface area contributed by atoms with Crippen molar-refractivity contribution in [2.24, 2.45) is 7.05 Å². The van der Waals surface area contributed by atoms with E-state index in [-0.39, 0.29) is 5.78 Å². The molecule has 76 valence electrons. The van der Waals surface area contributed by atoms with Crippen molar-refractivity contribution >= 4 is 5.78 Å². The van der Waals surface area contributed by atoms with Crippen LogP contribution in [0.4, 0.5) is 0 Å². The van der Waals surface area contributed by atoms with E-state index in [1.54, 1.807) is 0 Å². The average Bonchev–Trinajstić information content (AvgIpc) is 2.89. The van der Waals surface area contributed by atoms with Gasteiger partial charge in [-0.05, 0) is 26.0 Å². The summed E-state index contributed by atoms with van der Waals surface area (Å²) in [7, 11) is 3.96. The van der Waals surface area contributed by atoms with Crippen molar-refractivity contribution in [2.45, 2.75) is 18.9 Å². The second-order valence-electron chi connectivity index (χ2n) is 4.14. The molecule has 0 radical (unpaired) electrons. The van der Waals surface area contributed by atoms with Crippen LogP contribution in [-0.4, -0.2) is 34.9 Å². The molecule has 0 unspecified atom stereocenters. The number of hydrogen-bond acceptors (Lipinski definition) is 2. The molecule has 1 saturated carbocycles. The Hall–Kier alpha value is -1.09. The molecule has 2 rings (SSSR count). The summed E-state index contributed by atoms with van der Waals surface area (Å²) in [5, 5.41) is 0. The molecular weight excluding hydrogens is 176 g/mol. The van der Waals surface area contributed by atoms with Crippen LogP contribution in [0.5, 0.6) is 0 Å². The maximum atomic E-state index is 11.7. The Kier molecular flexibility index (Phi) is 2.42. The van der Waals surface area contributed by atoms with Crippen molar-refractivity contribution < 1.29 is 4.79 Å². The normalized spacial score (nSPS) is 16.2. The lowest BCUT2D eigenvalue weighted by atomic mass is 10.2. The second-order valence-corrected chi connectivity index (χ2v) is 4.14. The van der Waals surface area contributed by atoms with Crippen molar-refractivity contribution in [2.75, 3.05) is 13.6 Å². The minimum atomic E-state index is 0.222. The van der Waals surface area contributed by atoms with Gasteiger partial charge in [0.2, 0.25) is 0 Å². The predicted molar refractivity (Wildman–Crippen MR) is 55.4 cm³/mol. The highest BCUT2D eigenvalue weighted by molar-refractivity contribution is 5.97. The minimum Gasteiger partial charge on any atom is -0.357 e. The largest absolute Gasteiger partial charge is 0.357 e. The molecular formula is C11H16N2O. The number of nitrogens with zero attached hydrogens (tertiary/aromatic N) is 2. The van der Waals surface area contributed by atoms with Gasteiger partial charge in [-0.2, -0.15) is 0 Å². The van der Waals surface area contributed by atoms with E-state index in [0.717, 1.165) is 5.56 Å². The Morgan fingerprint density at radius 1 is 1.64 bits per heavy atom. The number of aromatic nitrogens is 1. The van der Waals surface area contributed by atoms with Gasteiger partial charge in [-0.25, -0.2) is 0 Å². The maximum absolute atomic E-state index is 11.7. The first-order valence-corrected chi connectivity index (χ1v) is 5.02. The fourth-order valence-corrected chi connectivity index (χ4v) is 1.63. The van der Waals surface area contributed by atoms with E-state index < -0.39 is 0 Å². The van der Waals surface area contributed by atoms with Crippen LogP contribution in [0.25, 0.3) is 0 Å². The van der Waals surface area contributed by atoms with Gasteiger partial charge in [0.15, 0.2) is 5.78 Å². The van der Waals surface area contributed by atoms with E-state index in [2.05, 4.69) is 4.90 Å². The van der Waals surface area contributed by atoms with Crippen molar-refractivity contribution in [3.8, 4) is 0 Å². The van der Waals surface area contributed by atoms with Crippen LogP contribution in [0.1, 0.15) is 23.2 Å². The molecule has 1 aliphatic rings. The van der Waals surface area contributed by atoms with E-state index in [1.807, 2.05) is 37.1 Å². The SMILES string of the molecule is CN(CC(=O)c1ccn(C)c1)C1CC1. The summed E-state index contributed by atoms with van der Waals surface area (Å²) in [4.78, 5) is 13.9. The van der Waals surface area contributed by atoms with Crippen molar-refractivity contribution in [1.29, 1.82) is 0 Å². The smallest absolute Gasteiger partial charge is 0.178 e. The third kappa shape index (κ3) is 2.04. The molecule has 3 nitrogen and oxygen atoms in total. The van der Waals surface area contributed by atoms with E-state index >= 15 is 0 Å². The summed E-state index contributed by atoms with van der Waals surface area (Å²) >= 11 is 0. The number of carbonyl (C=O) groups is 1. The molecule has 14 heavy (non-hydrogen) atoms. The van der Waals surface area contributed by atoms with E-state index in [4.69, 9.17) is 0 Å². The zero-order valence-corrected chi connectivity index (χ0v) is 8.73. The van der Waals surface area contributed by atoms with Gasteiger partial charge in [-0.3, -0.25) is 9.69 Å². The molecule has 0 bridgehead atoms. The molecule has 0 atom stereocenters. The van der Waals surface area contributed by atoms with Crippen LogP contribution >= 0.6 is 0 Å². The number of aryl methyl sites for hydroxylation is 1. The van der Waals surface area contributed by atoms with Crippen LogP contribution in [0.2, 0.25) is 0 Å². The highest BCUT2D eigenvalue weighted by Crippen LogP contribution is 2.25. The molecule has 1 aliphatic carbocycles. The molecule has 0 spiro atoms. The molecule has 1 heterocycles. The molecule has 0 amide bonds. The fourth-order valence-electron chi connectivity index (χ4n) is 1.63. The fraction of sp³-hybridized carbons (Fsp3) is 0.545. The highest BCUT2D eigenvalue weighted by atomic mass is 16.1. The van der Waals surface area contributed by atoms with Gasteiger partial charge >= 0.3 is 0 Å². The molecule has 0 aromatic carbocycles. The second kappa shape index (κ2) is 3.58. The molecule has 0 aliphatic heterocycles. The minimum absolute atomic E-state index is 0.222. The zero-order valence-electron chi connectivity index (χ0n) is 8.73. The van der Waals surface area contributed by atoms with Crippen molar-refractivity contribution in [3.63, 3.8) is 0 Å². The first kappa shape index (κ1) is 9.46. The number of rotatable bonds is 4. The number of likely N-dealkylation sites (N-methyl/N-ethyl adjacent to an activating group) is 1. The van der Waals surface area contributed by atoms with Gasteiger partial charge in [-0.15, -0.1) is 0 Å². The van der Waals surface area contributed by atoms with Crippen molar-refractivity contribution in [1.82, 2.24) is 9.47 Å². The van der Waals surface area contributed by atoms with Gasteiger partial charge in [0.25, 0.3) is 0 Å². The lowest BCUT2D eigenvalue weighted by Gasteiger charge is -2.13. The van der Waals surface area contributed by atoms with Crippen molar-refractivity contribution in [3.05, 3.63) is 24.0 Å². The number of ketones is 1. The van der Waals surface area contributed by atoms with E-state index in [0.29, 0.717) is 12.6 Å². The Morgan fingerprint density at radius 3 is 2.86 bits per heavy atom. The van der Waals surface area contributed by atoms with Gasteiger partial charge in [0.1, 0.15) is 0 Å². The Labute approximate surface area is 84.3 Å². The third-order valence-corrected chi connectivity index (χ3v) is 2.72. The first-order chi connectivity index (χ1) is 6.66. The lowest BCUT2D eigenvalue weighted by molar-refractivity contribution is 0.0942. The van der Waals surface area contributed by atoms with E-state index in [1.165, 1.54) is 12.8 Å². The van der Waals surface area contributed by atoms with Crippen LogP contribution in [-0.2, 0) is 7.05 Å². The molecule has 3 heteroatoms. The number of carbonyl (C=O) groups excluding carboxylic acids is 1. The summed E-state index contributed by atoms with van der Waals surface area (Å²) in [6.45, 7) is 0.550. The third-order valence-electron chi connectivity index (χ3n) is 2.72. The van der Waals surface area contributed by atoms with Gasteiger partial charge < -0.3 is 4.57 Å². The lowest BCUT2D eigenvalue weighted by Crippen LogP contribution is -2.27. The summed E-state index contributed by atoms with van der Waals surface area (Å²) < 4.78 is 1.91. The van der Waals surface area contributed by atoms with Crippen LogP contribution < -0.4 is 0 Å². The number of hydrogen-bond donors (Lipinski definition) is 0. The van der Waals surface area contributed by atoms with Gasteiger partial charge in [0.05, 0.1) is 6.54 Å². The molecule has 0 N–H and O–H groups in total. The van der Waals surface area contributed by atoms with Gasteiger partial charge in [0, 0.05) is 31.0 Å². The van der Waals surface area contributed by atoms with Crippen LogP contribution in [0.3, 0.4) is 0 Å². The molecule has 1 fully saturated rings. The standard InChI is InChI=1S/C11H16N2O/c1-12-6-5-9(7-12)11(14)8-13(2)10-3-4-10/h5-7,10H,3-4,8H2,1-2H3. The Balaban J connectivity index is 1.94. The van der Waals surface area contributed by atoms with Gasteiger partial charge in [-0.1, -0.05) is 0 Å². The van der Waals surface area contributed by atoms with Crippen LogP contribution in [0, 0.1) is 0 Å². The highest BCUT2D eigenvalue weighted by Gasteiger charge is 2.27. The van der Waals surface area contributed by atoms with Crippen LogP contribution in [0.15, 0.2) is 18.5 Å². The summed E-state index contributed by atoms with van der Waals surface area (Å²) in [6.07, 6.45) is 6.28. The summed E-state index contributed by atoms with van der Waals surface area (Å²) in [6, 6.07) is 2.53. The Bertz CT molecular complexity index is 339. The molecule has 0 saturated heterocycles. The van der Waals surface area contributed by atoms with E-state index in [9.17, 15) is 4.79 Å². The maximum Gasteiger partial charge on any atom is 0.178 e. The monoisotopic (exact) mass is 192 g/mol. The zero-order chi connectivity index (χ0) is 10.1.